The second-order valence-electron chi connectivity index (χ2n) is 4.69. The Morgan fingerprint density at radius 1 is 1.45 bits per heavy atom. The summed E-state index contributed by atoms with van der Waals surface area (Å²) < 4.78 is 5.11. The molecule has 0 bridgehead atoms. The zero-order valence-corrected chi connectivity index (χ0v) is 12.7. The van der Waals surface area contributed by atoms with Gasteiger partial charge in [-0.25, -0.2) is 9.97 Å². The molecule has 0 aliphatic rings. The minimum absolute atomic E-state index is 0.267. The Hall–Kier alpha value is -1.87. The van der Waals surface area contributed by atoms with E-state index in [1.54, 1.807) is 7.11 Å². The van der Waals surface area contributed by atoms with Gasteiger partial charge in [-0.05, 0) is 20.8 Å². The zero-order chi connectivity index (χ0) is 15.0. The van der Waals surface area contributed by atoms with Crippen LogP contribution in [-0.4, -0.2) is 36.2 Å². The van der Waals surface area contributed by atoms with Crippen LogP contribution in [0.4, 0.5) is 11.6 Å². The molecule has 1 aromatic heterocycles. The van der Waals surface area contributed by atoms with Gasteiger partial charge in [0, 0.05) is 32.3 Å². The molecule has 0 aliphatic heterocycles. The fourth-order valence-electron chi connectivity index (χ4n) is 1.90. The number of hydrogen-bond acceptors (Lipinski definition) is 6. The predicted octanol–water partition coefficient (Wildman–Crippen LogP) is 2.18. The lowest BCUT2D eigenvalue weighted by Gasteiger charge is -2.27. The van der Waals surface area contributed by atoms with Crippen molar-refractivity contribution in [2.24, 2.45) is 0 Å². The van der Waals surface area contributed by atoms with Crippen molar-refractivity contribution in [1.82, 2.24) is 9.97 Å². The Labute approximate surface area is 120 Å². The standard InChI is InChI=1S/C14H23N5O/c1-5-16-12-9-14(18-13(17-12)10-20-4)19(11(2)3)8-6-7-15/h9,11H,5-6,8,10H2,1-4H3,(H,16,17,18). The number of rotatable bonds is 8. The third-order valence-electron chi connectivity index (χ3n) is 2.77. The van der Waals surface area contributed by atoms with E-state index in [1.165, 1.54) is 0 Å². The molecule has 0 spiro atoms. The van der Waals surface area contributed by atoms with E-state index in [2.05, 4.69) is 40.1 Å². The van der Waals surface area contributed by atoms with Crippen molar-refractivity contribution < 1.29 is 4.74 Å². The minimum atomic E-state index is 0.267. The molecule has 0 saturated heterocycles. The van der Waals surface area contributed by atoms with Crippen LogP contribution in [0.5, 0.6) is 0 Å². The van der Waals surface area contributed by atoms with Gasteiger partial charge in [0.2, 0.25) is 0 Å². The first-order valence-electron chi connectivity index (χ1n) is 6.86. The molecular weight excluding hydrogens is 254 g/mol. The van der Waals surface area contributed by atoms with Crippen LogP contribution in [0, 0.1) is 11.3 Å². The van der Waals surface area contributed by atoms with Gasteiger partial charge in [-0.1, -0.05) is 0 Å². The van der Waals surface area contributed by atoms with Crippen LogP contribution >= 0.6 is 0 Å². The minimum Gasteiger partial charge on any atom is -0.377 e. The van der Waals surface area contributed by atoms with Crippen LogP contribution in [0.25, 0.3) is 0 Å². The molecular formula is C14H23N5O. The van der Waals surface area contributed by atoms with Crippen molar-refractivity contribution in [1.29, 1.82) is 5.26 Å². The first kappa shape index (κ1) is 16.2. The Balaban J connectivity index is 3.08. The number of nitrogens with zero attached hydrogens (tertiary/aromatic N) is 4. The summed E-state index contributed by atoms with van der Waals surface area (Å²) >= 11 is 0. The fourth-order valence-corrected chi connectivity index (χ4v) is 1.90. The SMILES string of the molecule is CCNc1cc(N(CCC#N)C(C)C)nc(COC)n1. The van der Waals surface area contributed by atoms with Crippen LogP contribution in [0.3, 0.4) is 0 Å². The molecule has 6 nitrogen and oxygen atoms in total. The summed E-state index contributed by atoms with van der Waals surface area (Å²) in [5.74, 6) is 2.25. The summed E-state index contributed by atoms with van der Waals surface area (Å²) in [6.07, 6.45) is 0.471. The number of methoxy groups -OCH3 is 1. The second kappa shape index (κ2) is 8.33. The van der Waals surface area contributed by atoms with Gasteiger partial charge >= 0.3 is 0 Å². The van der Waals surface area contributed by atoms with E-state index in [0.29, 0.717) is 25.4 Å². The summed E-state index contributed by atoms with van der Waals surface area (Å²) in [4.78, 5) is 11.0. The maximum atomic E-state index is 8.78. The lowest BCUT2D eigenvalue weighted by molar-refractivity contribution is 0.178. The van der Waals surface area contributed by atoms with Crippen molar-refractivity contribution in [2.75, 3.05) is 30.4 Å². The van der Waals surface area contributed by atoms with E-state index in [-0.39, 0.29) is 6.04 Å². The first-order valence-corrected chi connectivity index (χ1v) is 6.86. The number of ether oxygens (including phenoxy) is 1. The highest BCUT2D eigenvalue weighted by Gasteiger charge is 2.14. The molecule has 0 unspecified atom stereocenters. The van der Waals surface area contributed by atoms with Gasteiger partial charge in [0.15, 0.2) is 5.82 Å². The lowest BCUT2D eigenvalue weighted by Crippen LogP contribution is -2.32. The highest BCUT2D eigenvalue weighted by molar-refractivity contribution is 5.50. The van der Waals surface area contributed by atoms with E-state index in [0.717, 1.165) is 18.2 Å². The Bertz CT molecular complexity index is 431. The quantitative estimate of drug-likeness (QED) is 0.785. The highest BCUT2D eigenvalue weighted by atomic mass is 16.5. The maximum Gasteiger partial charge on any atom is 0.158 e. The molecule has 0 amide bonds. The summed E-state index contributed by atoms with van der Waals surface area (Å²) in [7, 11) is 1.62. The summed E-state index contributed by atoms with van der Waals surface area (Å²) in [6.45, 7) is 8.01. The third kappa shape index (κ3) is 4.67. The number of aromatic nitrogens is 2. The predicted molar refractivity (Wildman–Crippen MR) is 79.6 cm³/mol. The molecule has 1 N–H and O–H groups in total. The van der Waals surface area contributed by atoms with Gasteiger partial charge in [0.1, 0.15) is 18.2 Å². The van der Waals surface area contributed by atoms with Gasteiger partial charge in [-0.2, -0.15) is 5.26 Å². The van der Waals surface area contributed by atoms with Crippen molar-refractivity contribution in [3.63, 3.8) is 0 Å². The molecule has 0 fully saturated rings. The highest BCUT2D eigenvalue weighted by Crippen LogP contribution is 2.19. The summed E-state index contributed by atoms with van der Waals surface area (Å²) in [5, 5.41) is 12.0. The maximum absolute atomic E-state index is 8.78. The van der Waals surface area contributed by atoms with Crippen LogP contribution in [0.15, 0.2) is 6.07 Å². The largest absolute Gasteiger partial charge is 0.377 e. The monoisotopic (exact) mass is 277 g/mol. The number of anilines is 2. The molecule has 0 atom stereocenters. The van der Waals surface area contributed by atoms with Crippen LogP contribution in [-0.2, 0) is 11.3 Å². The molecule has 1 rings (SSSR count). The topological polar surface area (TPSA) is 74.1 Å². The van der Waals surface area contributed by atoms with E-state index >= 15 is 0 Å². The Kier molecular flexibility index (Phi) is 6.74. The number of nitriles is 1. The van der Waals surface area contributed by atoms with Crippen LogP contribution in [0.1, 0.15) is 33.0 Å². The van der Waals surface area contributed by atoms with Gasteiger partial charge in [-0.15, -0.1) is 0 Å². The molecule has 0 radical (unpaired) electrons. The molecule has 6 heteroatoms. The zero-order valence-electron chi connectivity index (χ0n) is 12.7. The molecule has 0 aromatic carbocycles. The molecule has 110 valence electrons. The van der Waals surface area contributed by atoms with Crippen molar-refractivity contribution >= 4 is 11.6 Å². The molecule has 0 saturated carbocycles. The molecule has 0 aliphatic carbocycles. The molecule has 1 aromatic rings. The third-order valence-corrected chi connectivity index (χ3v) is 2.77. The smallest absolute Gasteiger partial charge is 0.158 e. The van der Waals surface area contributed by atoms with Crippen LogP contribution < -0.4 is 10.2 Å². The summed E-state index contributed by atoms with van der Waals surface area (Å²) in [6, 6.07) is 4.36. The van der Waals surface area contributed by atoms with E-state index in [4.69, 9.17) is 10.00 Å². The van der Waals surface area contributed by atoms with Gasteiger partial charge in [0.25, 0.3) is 0 Å². The van der Waals surface area contributed by atoms with Gasteiger partial charge in [0.05, 0.1) is 12.5 Å². The van der Waals surface area contributed by atoms with Crippen molar-refractivity contribution in [2.45, 2.75) is 39.8 Å². The average Bonchev–Trinajstić information content (AvgIpc) is 2.39. The first-order chi connectivity index (χ1) is 9.62. The average molecular weight is 277 g/mol. The molecule has 20 heavy (non-hydrogen) atoms. The summed E-state index contributed by atoms with van der Waals surface area (Å²) in [5.41, 5.74) is 0. The van der Waals surface area contributed by atoms with Gasteiger partial charge < -0.3 is 15.0 Å². The van der Waals surface area contributed by atoms with Crippen molar-refractivity contribution in [3.8, 4) is 6.07 Å². The molecule has 1 heterocycles. The van der Waals surface area contributed by atoms with Crippen LogP contribution in [0.2, 0.25) is 0 Å². The van der Waals surface area contributed by atoms with E-state index in [9.17, 15) is 0 Å². The number of nitrogens with one attached hydrogen (secondary N) is 1. The Morgan fingerprint density at radius 3 is 2.75 bits per heavy atom. The van der Waals surface area contributed by atoms with Gasteiger partial charge in [-0.3, -0.25) is 0 Å². The van der Waals surface area contributed by atoms with E-state index in [1.807, 2.05) is 13.0 Å². The van der Waals surface area contributed by atoms with E-state index < -0.39 is 0 Å². The number of hydrogen-bond donors (Lipinski definition) is 1. The normalized spacial score (nSPS) is 10.4. The lowest BCUT2D eigenvalue weighted by atomic mass is 10.3. The van der Waals surface area contributed by atoms with Crippen molar-refractivity contribution in [3.05, 3.63) is 11.9 Å². The Morgan fingerprint density at radius 2 is 2.20 bits per heavy atom. The second-order valence-corrected chi connectivity index (χ2v) is 4.69. The fraction of sp³-hybridized carbons (Fsp3) is 0.643.